The Balaban J connectivity index is 1.86. The molecule has 0 spiro atoms. The topological polar surface area (TPSA) is 93.7 Å². The summed E-state index contributed by atoms with van der Waals surface area (Å²) in [6.45, 7) is 0. The van der Waals surface area contributed by atoms with Crippen LogP contribution >= 0.6 is 0 Å². The van der Waals surface area contributed by atoms with Crippen LogP contribution in [0.5, 0.6) is 17.2 Å². The molecule has 0 aliphatic rings. The first-order valence-electron chi connectivity index (χ1n) is 8.64. The lowest BCUT2D eigenvalue weighted by atomic mass is 10.2. The molecule has 0 radical (unpaired) electrons. The third kappa shape index (κ3) is 5.73. The fraction of sp³-hybridized carbons (Fsp3) is 0.0952. The Labute approximate surface area is 169 Å². The highest BCUT2D eigenvalue weighted by atomic mass is 32.2. The van der Waals surface area contributed by atoms with E-state index in [2.05, 4.69) is 10.0 Å². The van der Waals surface area contributed by atoms with Crippen molar-refractivity contribution in [3.05, 3.63) is 78.4 Å². The number of amides is 1. The maximum Gasteiger partial charge on any atom is 0.255 e. The highest BCUT2D eigenvalue weighted by Crippen LogP contribution is 2.33. The molecule has 3 rings (SSSR count). The molecule has 0 unspecified atom stereocenters. The van der Waals surface area contributed by atoms with Crippen molar-refractivity contribution in [2.75, 3.05) is 23.4 Å². The van der Waals surface area contributed by atoms with Gasteiger partial charge in [-0.25, -0.2) is 8.42 Å². The van der Waals surface area contributed by atoms with Crippen LogP contribution in [0.4, 0.5) is 11.4 Å². The molecule has 0 aromatic heterocycles. The Hall–Kier alpha value is -3.52. The summed E-state index contributed by atoms with van der Waals surface area (Å²) in [6.07, 6.45) is 1.05. The van der Waals surface area contributed by atoms with Crippen molar-refractivity contribution in [2.45, 2.75) is 0 Å². The lowest BCUT2D eigenvalue weighted by molar-refractivity contribution is 0.102. The Kier molecular flexibility index (Phi) is 6.04. The van der Waals surface area contributed by atoms with Crippen LogP contribution in [-0.2, 0) is 10.0 Å². The quantitative estimate of drug-likeness (QED) is 0.609. The van der Waals surface area contributed by atoms with Gasteiger partial charge < -0.3 is 14.8 Å². The molecule has 0 bridgehead atoms. The molecule has 3 aromatic rings. The summed E-state index contributed by atoms with van der Waals surface area (Å²) in [5.74, 6) is 1.12. The number of carbonyl (C=O) groups is 1. The summed E-state index contributed by atoms with van der Waals surface area (Å²) in [6, 6.07) is 20.3. The number of ether oxygens (including phenoxy) is 2. The van der Waals surface area contributed by atoms with E-state index in [1.807, 2.05) is 6.07 Å². The predicted octanol–water partition coefficient (Wildman–Crippen LogP) is 4.11. The van der Waals surface area contributed by atoms with Gasteiger partial charge in [0.25, 0.3) is 5.91 Å². The van der Waals surface area contributed by atoms with Crippen molar-refractivity contribution in [3.8, 4) is 17.2 Å². The zero-order valence-electron chi connectivity index (χ0n) is 15.9. The van der Waals surface area contributed by atoms with Gasteiger partial charge in [-0.2, -0.15) is 0 Å². The van der Waals surface area contributed by atoms with Crippen molar-refractivity contribution in [1.29, 1.82) is 0 Å². The molecule has 0 heterocycles. The highest BCUT2D eigenvalue weighted by molar-refractivity contribution is 7.92. The number of sulfonamides is 1. The van der Waals surface area contributed by atoms with Gasteiger partial charge in [0.2, 0.25) is 10.0 Å². The molecule has 0 fully saturated rings. The van der Waals surface area contributed by atoms with E-state index in [9.17, 15) is 13.2 Å². The Morgan fingerprint density at radius 1 is 0.897 bits per heavy atom. The van der Waals surface area contributed by atoms with Crippen LogP contribution < -0.4 is 19.5 Å². The normalized spacial score (nSPS) is 10.8. The second kappa shape index (κ2) is 8.66. The third-order valence-corrected chi connectivity index (χ3v) is 4.45. The van der Waals surface area contributed by atoms with Gasteiger partial charge >= 0.3 is 0 Å². The molecule has 1 amide bonds. The summed E-state index contributed by atoms with van der Waals surface area (Å²) in [4.78, 5) is 12.5. The van der Waals surface area contributed by atoms with E-state index >= 15 is 0 Å². The van der Waals surface area contributed by atoms with Gasteiger partial charge in [-0.1, -0.05) is 18.2 Å². The average molecular weight is 412 g/mol. The number of carbonyl (C=O) groups excluding carboxylic acids is 1. The van der Waals surface area contributed by atoms with E-state index in [-0.39, 0.29) is 17.3 Å². The molecule has 150 valence electrons. The summed E-state index contributed by atoms with van der Waals surface area (Å²) in [5.41, 5.74) is 1.17. The van der Waals surface area contributed by atoms with Gasteiger partial charge in [0, 0.05) is 17.3 Å². The molecular formula is C21H20N2O5S. The summed E-state index contributed by atoms with van der Waals surface area (Å²) >= 11 is 0. The average Bonchev–Trinajstić information content (AvgIpc) is 2.70. The van der Waals surface area contributed by atoms with Crippen LogP contribution in [0.25, 0.3) is 0 Å². The van der Waals surface area contributed by atoms with E-state index in [1.54, 1.807) is 67.8 Å². The second-order valence-electron chi connectivity index (χ2n) is 6.18. The Morgan fingerprint density at radius 2 is 1.59 bits per heavy atom. The highest BCUT2D eigenvalue weighted by Gasteiger charge is 2.13. The summed E-state index contributed by atoms with van der Waals surface area (Å²) < 4.78 is 36.6. The van der Waals surface area contributed by atoms with Crippen LogP contribution in [0.15, 0.2) is 72.8 Å². The van der Waals surface area contributed by atoms with Crippen molar-refractivity contribution in [2.24, 2.45) is 0 Å². The van der Waals surface area contributed by atoms with Crippen molar-refractivity contribution >= 4 is 27.3 Å². The lowest BCUT2D eigenvalue weighted by Crippen LogP contribution is -2.13. The number of rotatable bonds is 7. The van der Waals surface area contributed by atoms with Gasteiger partial charge in [-0.3, -0.25) is 9.52 Å². The SMILES string of the molecule is COc1ccc(C(=O)Nc2ccc(NS(C)(=O)=O)c(Oc3ccccc3)c2)cc1. The number of para-hydroxylation sites is 1. The maximum absolute atomic E-state index is 12.5. The van der Waals surface area contributed by atoms with E-state index in [4.69, 9.17) is 9.47 Å². The lowest BCUT2D eigenvalue weighted by Gasteiger charge is -2.14. The van der Waals surface area contributed by atoms with Crippen molar-refractivity contribution < 1.29 is 22.7 Å². The van der Waals surface area contributed by atoms with Crippen LogP contribution in [0.1, 0.15) is 10.4 Å². The largest absolute Gasteiger partial charge is 0.497 e. The fourth-order valence-electron chi connectivity index (χ4n) is 2.53. The first kappa shape index (κ1) is 20.2. The molecule has 0 saturated carbocycles. The number of hydrogen-bond donors (Lipinski definition) is 2. The maximum atomic E-state index is 12.5. The number of benzene rings is 3. The summed E-state index contributed by atoms with van der Waals surface area (Å²) in [7, 11) is -1.96. The van der Waals surface area contributed by atoms with Gasteiger partial charge in [0.1, 0.15) is 11.5 Å². The molecule has 29 heavy (non-hydrogen) atoms. The third-order valence-electron chi connectivity index (χ3n) is 3.86. The van der Waals surface area contributed by atoms with Crippen molar-refractivity contribution in [1.82, 2.24) is 0 Å². The summed E-state index contributed by atoms with van der Waals surface area (Å²) in [5, 5.41) is 2.77. The number of nitrogens with one attached hydrogen (secondary N) is 2. The van der Waals surface area contributed by atoms with E-state index in [0.29, 0.717) is 22.7 Å². The molecule has 0 atom stereocenters. The minimum absolute atomic E-state index is 0.258. The standard InChI is InChI=1S/C21H20N2O5S/c1-27-17-11-8-15(9-12-17)21(24)22-16-10-13-19(23-29(2,25)26)20(14-16)28-18-6-4-3-5-7-18/h3-14,23H,1-2H3,(H,22,24). The number of hydrogen-bond acceptors (Lipinski definition) is 5. The molecule has 3 aromatic carbocycles. The molecule has 0 aliphatic heterocycles. The predicted molar refractivity (Wildman–Crippen MR) is 112 cm³/mol. The minimum Gasteiger partial charge on any atom is -0.497 e. The minimum atomic E-state index is -3.51. The van der Waals surface area contributed by atoms with Crippen LogP contribution in [-0.4, -0.2) is 27.7 Å². The number of methoxy groups -OCH3 is 1. The van der Waals surface area contributed by atoms with Gasteiger partial charge in [-0.15, -0.1) is 0 Å². The second-order valence-corrected chi connectivity index (χ2v) is 7.93. The van der Waals surface area contributed by atoms with E-state index in [1.165, 1.54) is 6.07 Å². The Morgan fingerprint density at radius 3 is 2.21 bits per heavy atom. The van der Waals surface area contributed by atoms with Crippen LogP contribution in [0.3, 0.4) is 0 Å². The zero-order chi connectivity index (χ0) is 20.9. The molecule has 2 N–H and O–H groups in total. The van der Waals surface area contributed by atoms with E-state index in [0.717, 1.165) is 6.26 Å². The van der Waals surface area contributed by atoms with Gasteiger partial charge in [0.05, 0.1) is 19.1 Å². The number of anilines is 2. The van der Waals surface area contributed by atoms with Crippen molar-refractivity contribution in [3.63, 3.8) is 0 Å². The van der Waals surface area contributed by atoms with Gasteiger partial charge in [-0.05, 0) is 48.5 Å². The first-order chi connectivity index (χ1) is 13.8. The first-order valence-corrected chi connectivity index (χ1v) is 10.5. The molecule has 0 saturated heterocycles. The Bertz CT molecular complexity index is 1100. The smallest absolute Gasteiger partial charge is 0.255 e. The molecule has 7 nitrogen and oxygen atoms in total. The molecule has 8 heteroatoms. The van der Waals surface area contributed by atoms with E-state index < -0.39 is 10.0 Å². The zero-order valence-corrected chi connectivity index (χ0v) is 16.7. The fourth-order valence-corrected chi connectivity index (χ4v) is 3.10. The van der Waals surface area contributed by atoms with Gasteiger partial charge in [0.15, 0.2) is 5.75 Å². The molecular weight excluding hydrogens is 392 g/mol. The monoisotopic (exact) mass is 412 g/mol. The molecule has 0 aliphatic carbocycles. The van der Waals surface area contributed by atoms with Crippen LogP contribution in [0, 0.1) is 0 Å². The van der Waals surface area contributed by atoms with Crippen LogP contribution in [0.2, 0.25) is 0 Å².